The molecule has 0 atom stereocenters. The highest BCUT2D eigenvalue weighted by Gasteiger charge is 2.09. The molecule has 1 aromatic carbocycles. The Hall–Kier alpha value is -1.17. The average molecular weight is 309 g/mol. The van der Waals surface area contributed by atoms with Gasteiger partial charge in [0.15, 0.2) is 0 Å². The van der Waals surface area contributed by atoms with Crippen LogP contribution in [0.5, 0.6) is 5.75 Å². The third-order valence-corrected chi connectivity index (χ3v) is 3.68. The summed E-state index contributed by atoms with van der Waals surface area (Å²) in [5.41, 5.74) is 7.80. The Morgan fingerprint density at radius 1 is 1.29 bits per heavy atom. The van der Waals surface area contributed by atoms with Crippen LogP contribution >= 0.6 is 12.2 Å². The first-order valence-corrected chi connectivity index (χ1v) is 7.72. The highest BCUT2D eigenvalue weighted by atomic mass is 32.1. The quantitative estimate of drug-likeness (QED) is 0.708. The van der Waals surface area contributed by atoms with E-state index >= 15 is 0 Å². The first-order chi connectivity index (χ1) is 9.97. The van der Waals surface area contributed by atoms with Crippen molar-refractivity contribution in [1.82, 2.24) is 9.80 Å². The molecule has 0 spiro atoms. The van der Waals surface area contributed by atoms with Gasteiger partial charge in [0.05, 0.1) is 12.7 Å². The van der Waals surface area contributed by atoms with Crippen LogP contribution < -0.4 is 10.5 Å². The minimum absolute atomic E-state index is 0.379. The van der Waals surface area contributed by atoms with Gasteiger partial charge in [0, 0.05) is 6.54 Å². The first kappa shape index (κ1) is 17.9. The fraction of sp³-hybridized carbons (Fsp3) is 0.562. The molecule has 0 amide bonds. The SMILES string of the molecule is CCN(CCCN(C)C)Cc1ccc(OC)c(C(N)=S)c1. The van der Waals surface area contributed by atoms with E-state index in [0.717, 1.165) is 37.5 Å². The van der Waals surface area contributed by atoms with Crippen molar-refractivity contribution in [3.05, 3.63) is 29.3 Å². The van der Waals surface area contributed by atoms with Crippen LogP contribution in [0.1, 0.15) is 24.5 Å². The number of hydrogen-bond acceptors (Lipinski definition) is 4. The van der Waals surface area contributed by atoms with Crippen molar-refractivity contribution in [3.63, 3.8) is 0 Å². The normalized spacial score (nSPS) is 11.1. The molecule has 0 bridgehead atoms. The van der Waals surface area contributed by atoms with Gasteiger partial charge in [-0.15, -0.1) is 0 Å². The lowest BCUT2D eigenvalue weighted by atomic mass is 10.1. The van der Waals surface area contributed by atoms with Crippen molar-refractivity contribution in [3.8, 4) is 5.75 Å². The van der Waals surface area contributed by atoms with E-state index in [0.29, 0.717) is 4.99 Å². The molecule has 0 unspecified atom stereocenters. The van der Waals surface area contributed by atoms with Crippen molar-refractivity contribution in [2.24, 2.45) is 5.73 Å². The Bertz CT molecular complexity index is 463. The maximum atomic E-state index is 5.77. The second-order valence-corrected chi connectivity index (χ2v) is 5.86. The molecule has 118 valence electrons. The molecule has 0 aromatic heterocycles. The maximum Gasteiger partial charge on any atom is 0.129 e. The lowest BCUT2D eigenvalue weighted by Gasteiger charge is -2.22. The summed E-state index contributed by atoms with van der Waals surface area (Å²) in [4.78, 5) is 5.02. The Morgan fingerprint density at radius 2 is 2.00 bits per heavy atom. The van der Waals surface area contributed by atoms with Crippen LogP contribution in [0.25, 0.3) is 0 Å². The predicted octanol–water partition coefficient (Wildman–Crippen LogP) is 2.10. The fourth-order valence-electron chi connectivity index (χ4n) is 2.26. The van der Waals surface area contributed by atoms with Gasteiger partial charge in [-0.05, 0) is 57.8 Å². The second kappa shape index (κ2) is 8.97. The van der Waals surface area contributed by atoms with E-state index in [1.54, 1.807) is 7.11 Å². The lowest BCUT2D eigenvalue weighted by molar-refractivity contribution is 0.259. The predicted molar refractivity (Wildman–Crippen MR) is 93.0 cm³/mol. The van der Waals surface area contributed by atoms with Crippen LogP contribution in [0.4, 0.5) is 0 Å². The van der Waals surface area contributed by atoms with Gasteiger partial charge >= 0.3 is 0 Å². The largest absolute Gasteiger partial charge is 0.496 e. The van der Waals surface area contributed by atoms with Gasteiger partial charge in [-0.1, -0.05) is 25.2 Å². The monoisotopic (exact) mass is 309 g/mol. The molecule has 0 aliphatic carbocycles. The molecule has 1 rings (SSSR count). The molecule has 0 aliphatic rings. The van der Waals surface area contributed by atoms with Gasteiger partial charge in [-0.2, -0.15) is 0 Å². The van der Waals surface area contributed by atoms with E-state index in [9.17, 15) is 0 Å². The van der Waals surface area contributed by atoms with E-state index in [4.69, 9.17) is 22.7 Å². The minimum Gasteiger partial charge on any atom is -0.496 e. The number of nitrogens with zero attached hydrogens (tertiary/aromatic N) is 2. The summed E-state index contributed by atoms with van der Waals surface area (Å²) in [5, 5.41) is 0. The van der Waals surface area contributed by atoms with Crippen LogP contribution in [0.3, 0.4) is 0 Å². The standard InChI is InChI=1S/C16H27N3OS/c1-5-19(10-6-9-18(2)3)12-13-7-8-15(20-4)14(11-13)16(17)21/h7-8,11H,5-6,9-10,12H2,1-4H3,(H2,17,21). The number of nitrogens with two attached hydrogens (primary N) is 1. The molecule has 2 N–H and O–H groups in total. The Kier molecular flexibility index (Phi) is 7.64. The molecule has 4 nitrogen and oxygen atoms in total. The minimum atomic E-state index is 0.379. The number of rotatable bonds is 9. The lowest BCUT2D eigenvalue weighted by Crippen LogP contribution is -2.27. The summed E-state index contributed by atoms with van der Waals surface area (Å²) in [5.74, 6) is 0.738. The van der Waals surface area contributed by atoms with E-state index < -0.39 is 0 Å². The van der Waals surface area contributed by atoms with Crippen LogP contribution in [-0.4, -0.2) is 55.6 Å². The zero-order chi connectivity index (χ0) is 15.8. The van der Waals surface area contributed by atoms with Crippen LogP contribution in [0.15, 0.2) is 18.2 Å². The van der Waals surface area contributed by atoms with E-state index in [1.165, 1.54) is 12.0 Å². The topological polar surface area (TPSA) is 41.7 Å². The van der Waals surface area contributed by atoms with Gasteiger partial charge < -0.3 is 15.4 Å². The molecule has 0 saturated carbocycles. The maximum absolute atomic E-state index is 5.77. The van der Waals surface area contributed by atoms with Crippen molar-refractivity contribution < 1.29 is 4.74 Å². The average Bonchev–Trinajstić information content (AvgIpc) is 2.45. The number of methoxy groups -OCH3 is 1. The molecular weight excluding hydrogens is 282 g/mol. The van der Waals surface area contributed by atoms with Crippen molar-refractivity contribution >= 4 is 17.2 Å². The molecule has 0 heterocycles. The van der Waals surface area contributed by atoms with Gasteiger partial charge in [-0.3, -0.25) is 4.90 Å². The summed E-state index contributed by atoms with van der Waals surface area (Å²) in [6.45, 7) is 6.32. The summed E-state index contributed by atoms with van der Waals surface area (Å²) >= 11 is 5.09. The number of hydrogen-bond donors (Lipinski definition) is 1. The number of thiocarbonyl (C=S) groups is 1. The third kappa shape index (κ3) is 5.99. The first-order valence-electron chi connectivity index (χ1n) is 7.31. The molecule has 1 aromatic rings. The van der Waals surface area contributed by atoms with Gasteiger partial charge in [0.1, 0.15) is 10.7 Å². The molecule has 0 saturated heterocycles. The summed E-state index contributed by atoms with van der Waals surface area (Å²) in [6, 6.07) is 6.06. The Labute approximate surface area is 133 Å². The molecule has 21 heavy (non-hydrogen) atoms. The zero-order valence-corrected chi connectivity index (χ0v) is 14.4. The second-order valence-electron chi connectivity index (χ2n) is 5.42. The van der Waals surface area contributed by atoms with Gasteiger partial charge in [-0.25, -0.2) is 0 Å². The summed E-state index contributed by atoms with van der Waals surface area (Å²) in [7, 11) is 5.85. The third-order valence-electron chi connectivity index (χ3n) is 3.46. The van der Waals surface area contributed by atoms with Crippen LogP contribution in [-0.2, 0) is 6.54 Å². The van der Waals surface area contributed by atoms with Crippen molar-refractivity contribution in [1.29, 1.82) is 0 Å². The fourth-order valence-corrected chi connectivity index (χ4v) is 2.42. The van der Waals surface area contributed by atoms with Crippen molar-refractivity contribution in [2.75, 3.05) is 40.8 Å². The van der Waals surface area contributed by atoms with Crippen LogP contribution in [0, 0.1) is 0 Å². The van der Waals surface area contributed by atoms with E-state index in [1.807, 2.05) is 12.1 Å². The number of ether oxygens (including phenoxy) is 1. The molecule has 0 radical (unpaired) electrons. The smallest absolute Gasteiger partial charge is 0.129 e. The highest BCUT2D eigenvalue weighted by molar-refractivity contribution is 7.80. The number of benzene rings is 1. The van der Waals surface area contributed by atoms with E-state index in [-0.39, 0.29) is 0 Å². The zero-order valence-electron chi connectivity index (χ0n) is 13.6. The summed E-state index contributed by atoms with van der Waals surface area (Å²) < 4.78 is 5.30. The molecule has 0 fully saturated rings. The molecular formula is C16H27N3OS. The molecule has 0 aliphatic heterocycles. The summed E-state index contributed by atoms with van der Waals surface area (Å²) in [6.07, 6.45) is 1.17. The molecule has 5 heteroatoms. The highest BCUT2D eigenvalue weighted by Crippen LogP contribution is 2.20. The van der Waals surface area contributed by atoms with Crippen LogP contribution in [0.2, 0.25) is 0 Å². The Balaban J connectivity index is 2.71. The van der Waals surface area contributed by atoms with E-state index in [2.05, 4.69) is 36.9 Å². The van der Waals surface area contributed by atoms with Gasteiger partial charge in [0.25, 0.3) is 0 Å². The van der Waals surface area contributed by atoms with Gasteiger partial charge in [0.2, 0.25) is 0 Å². The Morgan fingerprint density at radius 3 is 2.52 bits per heavy atom. The van der Waals surface area contributed by atoms with Crippen molar-refractivity contribution in [2.45, 2.75) is 19.9 Å².